The van der Waals surface area contributed by atoms with Gasteiger partial charge in [-0.3, -0.25) is 4.79 Å². The first-order valence-electron chi connectivity index (χ1n) is 7.32. The fraction of sp³-hybridized carbons (Fsp3) is 0.167. The summed E-state index contributed by atoms with van der Waals surface area (Å²) in [4.78, 5) is 12.2. The average molecular weight is 294 g/mol. The molecular weight excluding hydrogens is 276 g/mol. The molecule has 0 radical (unpaired) electrons. The molecule has 1 amide bonds. The highest BCUT2D eigenvalue weighted by molar-refractivity contribution is 5.96. The Bertz CT molecular complexity index is 793. The molecule has 4 heteroatoms. The van der Waals surface area contributed by atoms with Gasteiger partial charge in [0.2, 0.25) is 0 Å². The molecule has 1 aromatic heterocycles. The topological polar surface area (TPSA) is 54.3 Å². The second-order valence-corrected chi connectivity index (χ2v) is 5.18. The Morgan fingerprint density at radius 1 is 1.18 bits per heavy atom. The van der Waals surface area contributed by atoms with Gasteiger partial charge in [-0.25, -0.2) is 0 Å². The number of hydrogen-bond acceptors (Lipinski definition) is 2. The number of rotatable bonds is 4. The predicted octanol–water partition coefficient (Wildman–Crippen LogP) is 3.33. The molecule has 0 aliphatic heterocycles. The number of aromatic nitrogens is 1. The van der Waals surface area contributed by atoms with Gasteiger partial charge in [-0.2, -0.15) is 0 Å². The number of anilines is 1. The van der Waals surface area contributed by atoms with E-state index in [0.717, 1.165) is 17.4 Å². The zero-order chi connectivity index (χ0) is 15.5. The van der Waals surface area contributed by atoms with Gasteiger partial charge in [-0.05, 0) is 36.1 Å². The first-order valence-corrected chi connectivity index (χ1v) is 7.32. The zero-order valence-electron chi connectivity index (χ0n) is 12.4. The maximum absolute atomic E-state index is 12.2. The molecule has 112 valence electrons. The van der Waals surface area contributed by atoms with Crippen molar-refractivity contribution in [3.8, 4) is 0 Å². The quantitative estimate of drug-likeness (QED) is 0.775. The van der Waals surface area contributed by atoms with Crippen LogP contribution in [0.2, 0.25) is 0 Å². The number of aliphatic hydroxyl groups is 1. The lowest BCUT2D eigenvalue weighted by atomic mass is 10.1. The van der Waals surface area contributed by atoms with Crippen LogP contribution >= 0.6 is 0 Å². The summed E-state index contributed by atoms with van der Waals surface area (Å²) in [6, 6.07) is 16.7. The largest absolute Gasteiger partial charge is 0.378 e. The van der Waals surface area contributed by atoms with E-state index in [1.807, 2.05) is 36.5 Å². The highest BCUT2D eigenvalue weighted by Gasteiger charge is 2.17. The first kappa shape index (κ1) is 14.4. The molecule has 0 saturated carbocycles. The number of carbonyl (C=O) groups is 1. The number of carbonyl (C=O) groups excluding carboxylic acids is 1. The summed E-state index contributed by atoms with van der Waals surface area (Å²) < 4.78 is 2.11. The zero-order valence-corrected chi connectivity index (χ0v) is 12.4. The Kier molecular flexibility index (Phi) is 3.94. The SMILES string of the molecule is CCn1ccc2ccc(NC(=O)C(O)c3ccccc3)cc21. The van der Waals surface area contributed by atoms with Crippen molar-refractivity contribution < 1.29 is 9.90 Å². The molecule has 2 N–H and O–H groups in total. The Hall–Kier alpha value is -2.59. The third kappa shape index (κ3) is 2.73. The number of hydrogen-bond donors (Lipinski definition) is 2. The van der Waals surface area contributed by atoms with Crippen molar-refractivity contribution in [2.45, 2.75) is 19.6 Å². The Balaban J connectivity index is 1.82. The summed E-state index contributed by atoms with van der Waals surface area (Å²) in [7, 11) is 0. The second-order valence-electron chi connectivity index (χ2n) is 5.18. The van der Waals surface area contributed by atoms with Crippen molar-refractivity contribution in [1.29, 1.82) is 0 Å². The maximum Gasteiger partial charge on any atom is 0.257 e. The van der Waals surface area contributed by atoms with E-state index in [2.05, 4.69) is 16.8 Å². The van der Waals surface area contributed by atoms with E-state index in [1.54, 1.807) is 24.3 Å². The molecule has 0 aliphatic carbocycles. The van der Waals surface area contributed by atoms with Crippen molar-refractivity contribution in [3.63, 3.8) is 0 Å². The first-order chi connectivity index (χ1) is 10.7. The van der Waals surface area contributed by atoms with Gasteiger partial charge in [0.1, 0.15) is 0 Å². The molecule has 0 saturated heterocycles. The van der Waals surface area contributed by atoms with E-state index >= 15 is 0 Å². The van der Waals surface area contributed by atoms with Crippen LogP contribution in [0.1, 0.15) is 18.6 Å². The van der Waals surface area contributed by atoms with Crippen LogP contribution in [0.15, 0.2) is 60.8 Å². The lowest BCUT2D eigenvalue weighted by molar-refractivity contribution is -0.124. The van der Waals surface area contributed by atoms with Crippen molar-refractivity contribution in [1.82, 2.24) is 4.57 Å². The second kappa shape index (κ2) is 6.03. The fourth-order valence-corrected chi connectivity index (χ4v) is 2.53. The van der Waals surface area contributed by atoms with Gasteiger partial charge in [-0.15, -0.1) is 0 Å². The number of amides is 1. The lowest BCUT2D eigenvalue weighted by Crippen LogP contribution is -2.20. The summed E-state index contributed by atoms with van der Waals surface area (Å²) in [5.74, 6) is -0.430. The van der Waals surface area contributed by atoms with Gasteiger partial charge < -0.3 is 15.0 Å². The molecule has 0 bridgehead atoms. The van der Waals surface area contributed by atoms with Gasteiger partial charge in [0.05, 0.1) is 5.52 Å². The minimum absolute atomic E-state index is 0.430. The minimum atomic E-state index is -1.17. The van der Waals surface area contributed by atoms with E-state index in [1.165, 1.54) is 0 Å². The highest BCUT2D eigenvalue weighted by atomic mass is 16.3. The molecule has 1 heterocycles. The van der Waals surface area contributed by atoms with Crippen LogP contribution in [0.5, 0.6) is 0 Å². The predicted molar refractivity (Wildman–Crippen MR) is 87.6 cm³/mol. The number of nitrogens with zero attached hydrogens (tertiary/aromatic N) is 1. The van der Waals surface area contributed by atoms with Crippen LogP contribution in [0.3, 0.4) is 0 Å². The summed E-state index contributed by atoms with van der Waals surface area (Å²) in [5.41, 5.74) is 2.33. The van der Waals surface area contributed by atoms with Crippen LogP contribution in [0.25, 0.3) is 10.9 Å². The standard InChI is InChI=1S/C18H18N2O2/c1-2-20-11-10-13-8-9-15(12-16(13)20)19-18(22)17(21)14-6-4-3-5-7-14/h3-12,17,21H,2H2,1H3,(H,19,22). The molecule has 2 aromatic carbocycles. The molecular formula is C18H18N2O2. The summed E-state index contributed by atoms with van der Waals surface area (Å²) in [6.07, 6.45) is 0.851. The normalized spacial score (nSPS) is 12.3. The van der Waals surface area contributed by atoms with Gasteiger partial charge >= 0.3 is 0 Å². The minimum Gasteiger partial charge on any atom is -0.378 e. The molecule has 4 nitrogen and oxygen atoms in total. The van der Waals surface area contributed by atoms with Crippen LogP contribution < -0.4 is 5.32 Å². The summed E-state index contributed by atoms with van der Waals surface area (Å²) in [6.45, 7) is 2.94. The van der Waals surface area contributed by atoms with Crippen molar-refractivity contribution in [2.24, 2.45) is 0 Å². The summed E-state index contributed by atoms with van der Waals surface area (Å²) in [5, 5.41) is 14.0. The number of fused-ring (bicyclic) bond motifs is 1. The van der Waals surface area contributed by atoms with E-state index in [4.69, 9.17) is 0 Å². The van der Waals surface area contributed by atoms with Crippen LogP contribution in [0, 0.1) is 0 Å². The fourth-order valence-electron chi connectivity index (χ4n) is 2.53. The highest BCUT2D eigenvalue weighted by Crippen LogP contribution is 2.22. The molecule has 0 spiro atoms. The maximum atomic E-state index is 12.2. The van der Waals surface area contributed by atoms with Crippen LogP contribution in [-0.4, -0.2) is 15.6 Å². The van der Waals surface area contributed by atoms with Crippen LogP contribution in [0.4, 0.5) is 5.69 Å². The van der Waals surface area contributed by atoms with Crippen molar-refractivity contribution in [3.05, 3.63) is 66.4 Å². The smallest absolute Gasteiger partial charge is 0.257 e. The van der Waals surface area contributed by atoms with E-state index in [-0.39, 0.29) is 0 Å². The van der Waals surface area contributed by atoms with Crippen molar-refractivity contribution in [2.75, 3.05) is 5.32 Å². The molecule has 3 aromatic rings. The van der Waals surface area contributed by atoms with E-state index < -0.39 is 12.0 Å². The average Bonchev–Trinajstić information content (AvgIpc) is 2.97. The number of benzene rings is 2. The van der Waals surface area contributed by atoms with Crippen LogP contribution in [-0.2, 0) is 11.3 Å². The number of aliphatic hydroxyl groups excluding tert-OH is 1. The number of aryl methyl sites for hydroxylation is 1. The van der Waals surface area contributed by atoms with Gasteiger partial charge in [0, 0.05) is 18.4 Å². The van der Waals surface area contributed by atoms with E-state index in [9.17, 15) is 9.90 Å². The van der Waals surface area contributed by atoms with Gasteiger partial charge in [0.15, 0.2) is 6.10 Å². The van der Waals surface area contributed by atoms with Gasteiger partial charge in [0.25, 0.3) is 5.91 Å². The lowest BCUT2D eigenvalue weighted by Gasteiger charge is -2.12. The Morgan fingerprint density at radius 3 is 2.68 bits per heavy atom. The third-order valence-electron chi connectivity index (χ3n) is 3.75. The molecule has 1 atom stereocenters. The molecule has 3 rings (SSSR count). The monoisotopic (exact) mass is 294 g/mol. The Labute approximate surface area is 129 Å². The molecule has 0 aliphatic rings. The Morgan fingerprint density at radius 2 is 1.95 bits per heavy atom. The molecule has 0 fully saturated rings. The number of nitrogens with one attached hydrogen (secondary N) is 1. The van der Waals surface area contributed by atoms with Gasteiger partial charge in [-0.1, -0.05) is 36.4 Å². The third-order valence-corrected chi connectivity index (χ3v) is 3.75. The molecule has 22 heavy (non-hydrogen) atoms. The summed E-state index contributed by atoms with van der Waals surface area (Å²) >= 11 is 0. The molecule has 1 unspecified atom stereocenters. The van der Waals surface area contributed by atoms with E-state index in [0.29, 0.717) is 11.3 Å². The van der Waals surface area contributed by atoms with Crippen molar-refractivity contribution >= 4 is 22.5 Å².